The summed E-state index contributed by atoms with van der Waals surface area (Å²) in [6.45, 7) is 3.18. The predicted molar refractivity (Wildman–Crippen MR) is 50.6 cm³/mol. The summed E-state index contributed by atoms with van der Waals surface area (Å²) in [4.78, 5) is 22.5. The molecule has 0 radical (unpaired) electrons. The smallest absolute Gasteiger partial charge is 0.328 e. The summed E-state index contributed by atoms with van der Waals surface area (Å²) in [5, 5.41) is 5.71. The summed E-state index contributed by atoms with van der Waals surface area (Å²) in [6, 6.07) is -0.562. The average Bonchev–Trinajstić information content (AvgIpc) is 2.69. The highest BCUT2D eigenvalue weighted by Crippen LogP contribution is 2.07. The van der Waals surface area contributed by atoms with Gasteiger partial charge in [0.15, 0.2) is 0 Å². The van der Waals surface area contributed by atoms with Crippen LogP contribution < -0.4 is 10.6 Å². The molecular weight excluding hydrogens is 184 g/mol. The molecule has 14 heavy (non-hydrogen) atoms. The molecule has 2 N–H and O–H groups in total. The fourth-order valence-electron chi connectivity index (χ4n) is 1.45. The van der Waals surface area contributed by atoms with E-state index in [9.17, 15) is 9.59 Å². The molecule has 1 saturated heterocycles. The Labute approximate surface area is 83.2 Å². The number of rotatable bonds is 3. The van der Waals surface area contributed by atoms with E-state index in [1.165, 1.54) is 7.11 Å². The Morgan fingerprint density at radius 2 is 2.29 bits per heavy atom. The van der Waals surface area contributed by atoms with E-state index >= 15 is 0 Å². The summed E-state index contributed by atoms with van der Waals surface area (Å²) in [5.74, 6) is -0.501. The highest BCUT2D eigenvalue weighted by Gasteiger charge is 2.25. The van der Waals surface area contributed by atoms with Crippen LogP contribution in [0.25, 0.3) is 0 Å². The van der Waals surface area contributed by atoms with Gasteiger partial charge < -0.3 is 15.4 Å². The van der Waals surface area contributed by atoms with Gasteiger partial charge >= 0.3 is 5.97 Å². The van der Waals surface area contributed by atoms with Crippen molar-refractivity contribution in [1.82, 2.24) is 10.6 Å². The van der Waals surface area contributed by atoms with Crippen LogP contribution in [0.1, 0.15) is 13.3 Å². The quantitative estimate of drug-likeness (QED) is 0.590. The van der Waals surface area contributed by atoms with E-state index in [0.29, 0.717) is 6.54 Å². The van der Waals surface area contributed by atoms with Crippen LogP contribution in [0.3, 0.4) is 0 Å². The predicted octanol–water partition coefficient (Wildman–Crippen LogP) is -0.726. The molecule has 5 nitrogen and oxygen atoms in total. The first-order valence-electron chi connectivity index (χ1n) is 4.74. The molecular formula is C9H16N2O3. The molecule has 1 fully saturated rings. The molecule has 0 spiro atoms. The Morgan fingerprint density at radius 1 is 1.57 bits per heavy atom. The zero-order valence-electron chi connectivity index (χ0n) is 8.50. The summed E-state index contributed by atoms with van der Waals surface area (Å²) in [6.07, 6.45) is 0.833. The summed E-state index contributed by atoms with van der Waals surface area (Å²) >= 11 is 0. The fraction of sp³-hybridized carbons (Fsp3) is 0.778. The zero-order chi connectivity index (χ0) is 10.6. The standard InChI is InChI=1S/C9H16N2O3/c1-6(9(13)14-2)11-8(12)7-3-4-10-5-7/h6-7,10H,3-5H2,1-2H3,(H,11,12)/t6?,7-/m0/s1. The summed E-state index contributed by atoms with van der Waals surface area (Å²) in [5.41, 5.74) is 0. The minimum absolute atomic E-state index is 0.0119. The number of methoxy groups -OCH3 is 1. The van der Waals surface area contributed by atoms with Crippen LogP contribution in [0.2, 0.25) is 0 Å². The second-order valence-electron chi connectivity index (χ2n) is 3.44. The lowest BCUT2D eigenvalue weighted by Gasteiger charge is -2.14. The molecule has 1 heterocycles. The first-order chi connectivity index (χ1) is 6.65. The van der Waals surface area contributed by atoms with Crippen molar-refractivity contribution in [3.63, 3.8) is 0 Å². The molecule has 2 atom stereocenters. The molecule has 1 amide bonds. The van der Waals surface area contributed by atoms with Gasteiger partial charge in [-0.2, -0.15) is 0 Å². The van der Waals surface area contributed by atoms with Gasteiger partial charge in [-0.05, 0) is 19.9 Å². The van der Waals surface area contributed by atoms with Crippen LogP contribution >= 0.6 is 0 Å². The SMILES string of the molecule is COC(=O)C(C)NC(=O)[C@H]1CCNC1. The highest BCUT2D eigenvalue weighted by atomic mass is 16.5. The first-order valence-corrected chi connectivity index (χ1v) is 4.74. The number of ether oxygens (including phenoxy) is 1. The van der Waals surface area contributed by atoms with E-state index in [-0.39, 0.29) is 11.8 Å². The Hall–Kier alpha value is -1.10. The van der Waals surface area contributed by atoms with Gasteiger partial charge in [0, 0.05) is 6.54 Å². The van der Waals surface area contributed by atoms with Crippen LogP contribution in [0.15, 0.2) is 0 Å². The van der Waals surface area contributed by atoms with Gasteiger partial charge in [-0.15, -0.1) is 0 Å². The van der Waals surface area contributed by atoms with E-state index in [4.69, 9.17) is 0 Å². The molecule has 0 aliphatic carbocycles. The molecule has 0 bridgehead atoms. The maximum absolute atomic E-state index is 11.5. The van der Waals surface area contributed by atoms with Gasteiger partial charge in [0.2, 0.25) is 5.91 Å². The van der Waals surface area contributed by atoms with E-state index in [0.717, 1.165) is 13.0 Å². The normalized spacial score (nSPS) is 22.9. The lowest BCUT2D eigenvalue weighted by molar-refractivity contribution is -0.144. The first kappa shape index (κ1) is 11.0. The maximum Gasteiger partial charge on any atom is 0.328 e. The lowest BCUT2D eigenvalue weighted by atomic mass is 10.1. The molecule has 0 aromatic carbocycles. The van der Waals surface area contributed by atoms with Crippen molar-refractivity contribution < 1.29 is 14.3 Å². The van der Waals surface area contributed by atoms with Gasteiger partial charge in [-0.25, -0.2) is 4.79 Å². The van der Waals surface area contributed by atoms with Gasteiger partial charge in [-0.1, -0.05) is 0 Å². The third-order valence-corrected chi connectivity index (χ3v) is 2.34. The third kappa shape index (κ3) is 2.70. The van der Waals surface area contributed by atoms with Crippen molar-refractivity contribution in [2.75, 3.05) is 20.2 Å². The number of hydrogen-bond acceptors (Lipinski definition) is 4. The number of nitrogens with one attached hydrogen (secondary N) is 2. The number of hydrogen-bond donors (Lipinski definition) is 2. The van der Waals surface area contributed by atoms with Crippen LogP contribution in [0, 0.1) is 5.92 Å². The average molecular weight is 200 g/mol. The van der Waals surface area contributed by atoms with Crippen molar-refractivity contribution in [3.8, 4) is 0 Å². The lowest BCUT2D eigenvalue weighted by Crippen LogP contribution is -2.42. The molecule has 0 aromatic heterocycles. The minimum Gasteiger partial charge on any atom is -0.467 e. The molecule has 1 aliphatic rings. The van der Waals surface area contributed by atoms with Crippen molar-refractivity contribution in [2.45, 2.75) is 19.4 Å². The number of amides is 1. The van der Waals surface area contributed by atoms with E-state index in [2.05, 4.69) is 15.4 Å². The highest BCUT2D eigenvalue weighted by molar-refractivity contribution is 5.85. The molecule has 0 saturated carbocycles. The van der Waals surface area contributed by atoms with Gasteiger partial charge in [0.1, 0.15) is 6.04 Å². The molecule has 1 unspecified atom stereocenters. The molecule has 1 aliphatic heterocycles. The van der Waals surface area contributed by atoms with Crippen molar-refractivity contribution in [3.05, 3.63) is 0 Å². The number of esters is 1. The third-order valence-electron chi connectivity index (χ3n) is 2.34. The minimum atomic E-state index is -0.562. The van der Waals surface area contributed by atoms with E-state index in [1.54, 1.807) is 6.92 Å². The number of carbonyl (C=O) groups excluding carboxylic acids is 2. The second kappa shape index (κ2) is 4.95. The van der Waals surface area contributed by atoms with Crippen molar-refractivity contribution >= 4 is 11.9 Å². The molecule has 80 valence electrons. The molecule has 5 heteroatoms. The second-order valence-corrected chi connectivity index (χ2v) is 3.44. The topological polar surface area (TPSA) is 67.4 Å². The van der Waals surface area contributed by atoms with E-state index < -0.39 is 12.0 Å². The number of carbonyl (C=O) groups is 2. The van der Waals surface area contributed by atoms with Crippen molar-refractivity contribution in [1.29, 1.82) is 0 Å². The Balaban J connectivity index is 2.35. The molecule has 0 aromatic rings. The van der Waals surface area contributed by atoms with E-state index in [1.807, 2.05) is 0 Å². The van der Waals surface area contributed by atoms with Gasteiger partial charge in [0.25, 0.3) is 0 Å². The monoisotopic (exact) mass is 200 g/mol. The summed E-state index contributed by atoms with van der Waals surface area (Å²) < 4.78 is 4.51. The van der Waals surface area contributed by atoms with Gasteiger partial charge in [-0.3, -0.25) is 4.79 Å². The maximum atomic E-state index is 11.5. The Morgan fingerprint density at radius 3 is 2.79 bits per heavy atom. The Bertz CT molecular complexity index is 224. The largest absolute Gasteiger partial charge is 0.467 e. The zero-order valence-corrected chi connectivity index (χ0v) is 8.50. The van der Waals surface area contributed by atoms with Crippen LogP contribution in [0.5, 0.6) is 0 Å². The van der Waals surface area contributed by atoms with Crippen LogP contribution in [-0.2, 0) is 14.3 Å². The fourth-order valence-corrected chi connectivity index (χ4v) is 1.45. The van der Waals surface area contributed by atoms with Crippen LogP contribution in [-0.4, -0.2) is 38.1 Å². The summed E-state index contributed by atoms with van der Waals surface area (Å²) in [7, 11) is 1.31. The van der Waals surface area contributed by atoms with Crippen LogP contribution in [0.4, 0.5) is 0 Å². The molecule has 1 rings (SSSR count). The van der Waals surface area contributed by atoms with Crippen molar-refractivity contribution in [2.24, 2.45) is 5.92 Å². The van der Waals surface area contributed by atoms with Gasteiger partial charge in [0.05, 0.1) is 13.0 Å². The Kier molecular flexibility index (Phi) is 3.88.